The number of aliphatic imine (C=N–C) groups is 1. The fourth-order valence-corrected chi connectivity index (χ4v) is 3.11. The van der Waals surface area contributed by atoms with Crippen LogP contribution in [0.1, 0.15) is 17.0 Å². The van der Waals surface area contributed by atoms with Crippen molar-refractivity contribution in [2.75, 3.05) is 6.61 Å². The summed E-state index contributed by atoms with van der Waals surface area (Å²) in [6.45, 7) is 0.258. The van der Waals surface area contributed by atoms with Gasteiger partial charge in [-0.15, -0.1) is 0 Å². The molecule has 1 N–H and O–H groups in total. The molecule has 127 valence electrons. The van der Waals surface area contributed by atoms with E-state index in [0.717, 1.165) is 0 Å². The van der Waals surface area contributed by atoms with Gasteiger partial charge in [-0.3, -0.25) is 5.32 Å². The van der Waals surface area contributed by atoms with Crippen molar-refractivity contribution in [1.29, 1.82) is 0 Å². The minimum atomic E-state index is -0.564. The van der Waals surface area contributed by atoms with Crippen molar-refractivity contribution in [2.24, 2.45) is 4.99 Å². The van der Waals surface area contributed by atoms with E-state index >= 15 is 0 Å². The molecule has 1 radical (unpaired) electrons. The van der Waals surface area contributed by atoms with Crippen molar-refractivity contribution in [3.05, 3.63) is 78.2 Å². The van der Waals surface area contributed by atoms with Crippen molar-refractivity contribution in [1.82, 2.24) is 15.3 Å². The zero-order valence-electron chi connectivity index (χ0n) is 13.8. The highest BCUT2D eigenvalue weighted by Gasteiger charge is 2.28. The van der Waals surface area contributed by atoms with Gasteiger partial charge in [0, 0.05) is 5.92 Å². The van der Waals surface area contributed by atoms with Gasteiger partial charge in [0.2, 0.25) is 0 Å². The fourth-order valence-electron chi connectivity index (χ4n) is 3.11. The maximum atomic E-state index is 11.9. The Balaban J connectivity index is 1.42. The van der Waals surface area contributed by atoms with E-state index in [1.165, 1.54) is 41.0 Å². The predicted molar refractivity (Wildman–Crippen MR) is 97.2 cm³/mol. The number of hydrogen-bond acceptors (Lipinski definition) is 5. The van der Waals surface area contributed by atoms with Gasteiger partial charge >= 0.3 is 6.09 Å². The predicted octanol–water partition coefficient (Wildman–Crippen LogP) is 3.48. The molecule has 1 aliphatic rings. The molecule has 1 aromatic heterocycles. The molecule has 1 aliphatic carbocycles. The molecule has 4 rings (SSSR count). The monoisotopic (exact) mass is 343 g/mol. The molecule has 2 aromatic carbocycles. The number of carbonyl (C=O) groups excluding carboxylic acids is 1. The average molecular weight is 343 g/mol. The number of hydrogen-bond donors (Lipinski definition) is 1. The average Bonchev–Trinajstić information content (AvgIpc) is 3.01. The van der Waals surface area contributed by atoms with Gasteiger partial charge in [0.05, 0.1) is 18.7 Å². The molecule has 3 aromatic rings. The van der Waals surface area contributed by atoms with Gasteiger partial charge < -0.3 is 4.74 Å². The summed E-state index contributed by atoms with van der Waals surface area (Å²) in [4.78, 5) is 23.6. The summed E-state index contributed by atoms with van der Waals surface area (Å²) in [5, 5.41) is 2.47. The standard InChI is InChI=1S/C20H15N4O2/c25-20(24-13-23-19-11-21-9-10-22-19)26-12-18-16-7-3-1-5-14(16)15-6-2-4-8-17(15)18/h1-8,10-11,13,18H,12H2,(H,22,23,24,25). The van der Waals surface area contributed by atoms with E-state index in [0.29, 0.717) is 5.82 Å². The Morgan fingerprint density at radius 2 is 1.85 bits per heavy atom. The molecule has 0 saturated heterocycles. The number of fused-ring (bicyclic) bond motifs is 3. The molecule has 0 spiro atoms. The number of amides is 1. The number of ether oxygens (including phenoxy) is 1. The van der Waals surface area contributed by atoms with E-state index in [2.05, 4.69) is 50.7 Å². The lowest BCUT2D eigenvalue weighted by Crippen LogP contribution is -2.24. The van der Waals surface area contributed by atoms with Gasteiger partial charge in [-0.05, 0) is 22.3 Å². The Kier molecular flexibility index (Phi) is 4.38. The number of carbonyl (C=O) groups is 1. The molecular formula is C20H15N4O2. The van der Waals surface area contributed by atoms with E-state index in [1.54, 1.807) is 0 Å². The molecule has 1 amide bonds. The number of alkyl carbamates (subject to hydrolysis) is 1. The Morgan fingerprint density at radius 1 is 1.15 bits per heavy atom. The van der Waals surface area contributed by atoms with Crippen LogP contribution < -0.4 is 5.32 Å². The summed E-state index contributed by atoms with van der Waals surface area (Å²) in [5.41, 5.74) is 4.73. The van der Waals surface area contributed by atoms with Crippen LogP contribution in [0.2, 0.25) is 0 Å². The van der Waals surface area contributed by atoms with Crippen LogP contribution in [-0.2, 0) is 4.74 Å². The SMILES string of the molecule is O=C(N/C=N/c1cn[c]cn1)OCC1c2ccccc2-c2ccccc21. The molecule has 0 saturated carbocycles. The van der Waals surface area contributed by atoms with Gasteiger partial charge in [0.1, 0.15) is 12.8 Å². The number of rotatable bonds is 4. The van der Waals surface area contributed by atoms with Crippen molar-refractivity contribution in [3.63, 3.8) is 0 Å². The topological polar surface area (TPSA) is 76.5 Å². The van der Waals surface area contributed by atoms with Gasteiger partial charge in [-0.25, -0.2) is 19.8 Å². The van der Waals surface area contributed by atoms with Crippen LogP contribution in [-0.4, -0.2) is 29.0 Å². The normalized spacial score (nSPS) is 12.6. The molecule has 0 bridgehead atoms. The zero-order chi connectivity index (χ0) is 17.8. The third-order valence-electron chi connectivity index (χ3n) is 4.23. The molecule has 0 aliphatic heterocycles. The summed E-state index contributed by atoms with van der Waals surface area (Å²) in [6, 6.07) is 16.4. The minimum absolute atomic E-state index is 0.0283. The lowest BCUT2D eigenvalue weighted by molar-refractivity contribution is 0.148. The lowest BCUT2D eigenvalue weighted by atomic mass is 9.98. The smallest absolute Gasteiger partial charge is 0.412 e. The zero-order valence-corrected chi connectivity index (χ0v) is 13.8. The van der Waals surface area contributed by atoms with Gasteiger partial charge in [-0.2, -0.15) is 0 Å². The van der Waals surface area contributed by atoms with Crippen LogP contribution in [0.4, 0.5) is 10.6 Å². The number of aromatic nitrogens is 2. The first-order valence-corrected chi connectivity index (χ1v) is 8.15. The fraction of sp³-hybridized carbons (Fsp3) is 0.100. The number of nitrogens with zero attached hydrogens (tertiary/aromatic N) is 3. The minimum Gasteiger partial charge on any atom is -0.448 e. The molecular weight excluding hydrogens is 328 g/mol. The summed E-state index contributed by atoms with van der Waals surface area (Å²) < 4.78 is 5.39. The van der Waals surface area contributed by atoms with Crippen LogP contribution in [0.25, 0.3) is 11.1 Å². The Bertz CT molecular complexity index is 911. The maximum absolute atomic E-state index is 11.9. The highest BCUT2D eigenvalue weighted by molar-refractivity contribution is 5.83. The Hall–Kier alpha value is -3.54. The molecule has 0 unspecified atom stereocenters. The Morgan fingerprint density at radius 3 is 2.50 bits per heavy atom. The number of benzene rings is 2. The summed E-state index contributed by atoms with van der Waals surface area (Å²) >= 11 is 0. The molecule has 0 atom stereocenters. The summed E-state index contributed by atoms with van der Waals surface area (Å²) in [6.07, 6.45) is 6.07. The second-order valence-electron chi connectivity index (χ2n) is 5.73. The van der Waals surface area contributed by atoms with Crippen LogP contribution in [0.5, 0.6) is 0 Å². The summed E-state index contributed by atoms with van der Waals surface area (Å²) in [5.74, 6) is 0.406. The van der Waals surface area contributed by atoms with Crippen molar-refractivity contribution in [2.45, 2.75) is 5.92 Å². The summed E-state index contributed by atoms with van der Waals surface area (Å²) in [7, 11) is 0. The third kappa shape index (κ3) is 3.17. The first kappa shape index (κ1) is 16.0. The first-order chi connectivity index (χ1) is 12.8. The van der Waals surface area contributed by atoms with E-state index < -0.39 is 6.09 Å². The highest BCUT2D eigenvalue weighted by Crippen LogP contribution is 2.44. The Labute approximate surface area is 150 Å². The largest absolute Gasteiger partial charge is 0.448 e. The third-order valence-corrected chi connectivity index (χ3v) is 4.23. The van der Waals surface area contributed by atoms with E-state index in [1.807, 2.05) is 24.3 Å². The molecule has 0 fully saturated rings. The molecule has 6 nitrogen and oxygen atoms in total. The quantitative estimate of drug-likeness (QED) is 0.581. The van der Waals surface area contributed by atoms with Crippen molar-refractivity contribution in [3.8, 4) is 11.1 Å². The maximum Gasteiger partial charge on any atom is 0.412 e. The highest BCUT2D eigenvalue weighted by atomic mass is 16.5. The molecule has 1 heterocycles. The van der Waals surface area contributed by atoms with Crippen LogP contribution in [0, 0.1) is 6.20 Å². The van der Waals surface area contributed by atoms with Crippen molar-refractivity contribution < 1.29 is 9.53 Å². The van der Waals surface area contributed by atoms with Crippen LogP contribution in [0.15, 0.2) is 65.9 Å². The molecule has 26 heavy (non-hydrogen) atoms. The second-order valence-corrected chi connectivity index (χ2v) is 5.73. The van der Waals surface area contributed by atoms with Crippen molar-refractivity contribution >= 4 is 18.2 Å². The van der Waals surface area contributed by atoms with Gasteiger partial charge in [-0.1, -0.05) is 48.5 Å². The lowest BCUT2D eigenvalue weighted by Gasteiger charge is -2.13. The van der Waals surface area contributed by atoms with E-state index in [-0.39, 0.29) is 12.5 Å². The van der Waals surface area contributed by atoms with Gasteiger partial charge in [0.15, 0.2) is 5.82 Å². The van der Waals surface area contributed by atoms with E-state index in [4.69, 9.17) is 4.74 Å². The second kappa shape index (κ2) is 7.14. The van der Waals surface area contributed by atoms with Crippen LogP contribution >= 0.6 is 0 Å². The molecule has 6 heteroatoms. The first-order valence-electron chi connectivity index (χ1n) is 8.15. The van der Waals surface area contributed by atoms with Gasteiger partial charge in [0.25, 0.3) is 0 Å². The number of nitrogens with one attached hydrogen (secondary N) is 1. The van der Waals surface area contributed by atoms with Crippen LogP contribution in [0.3, 0.4) is 0 Å². The van der Waals surface area contributed by atoms with E-state index in [9.17, 15) is 4.79 Å².